The lowest BCUT2D eigenvalue weighted by atomic mass is 10.1. The van der Waals surface area contributed by atoms with Crippen LogP contribution in [0.25, 0.3) is 0 Å². The van der Waals surface area contributed by atoms with Crippen molar-refractivity contribution >= 4 is 21.7 Å². The maximum Gasteiger partial charge on any atom is 0.339 e. The first-order valence-electron chi connectivity index (χ1n) is 7.08. The second-order valence-electron chi connectivity index (χ2n) is 5.19. The molecule has 1 N–H and O–H groups in total. The van der Waals surface area contributed by atoms with Crippen molar-refractivity contribution in [2.45, 2.75) is 18.7 Å². The van der Waals surface area contributed by atoms with Crippen molar-refractivity contribution in [3.05, 3.63) is 59.2 Å². The number of nitriles is 1. The molecule has 0 saturated carbocycles. The molecule has 2 aromatic rings. The van der Waals surface area contributed by atoms with Gasteiger partial charge in [-0.1, -0.05) is 18.2 Å². The molecule has 0 fully saturated rings. The number of esters is 1. The Bertz CT molecular complexity index is 914. The van der Waals surface area contributed by atoms with Gasteiger partial charge in [0.1, 0.15) is 6.07 Å². The van der Waals surface area contributed by atoms with Crippen molar-refractivity contribution in [1.29, 1.82) is 5.26 Å². The second-order valence-corrected chi connectivity index (χ2v) is 6.84. The molecule has 0 aromatic heterocycles. The van der Waals surface area contributed by atoms with Gasteiger partial charge >= 0.3 is 5.97 Å². The van der Waals surface area contributed by atoms with E-state index in [-0.39, 0.29) is 10.5 Å². The van der Waals surface area contributed by atoms with Crippen molar-refractivity contribution in [3.63, 3.8) is 0 Å². The summed E-state index contributed by atoms with van der Waals surface area (Å²) < 4.78 is 32.4. The Hall–Kier alpha value is -2.85. The highest BCUT2D eigenvalue weighted by molar-refractivity contribution is 7.92. The molecule has 0 amide bonds. The van der Waals surface area contributed by atoms with Gasteiger partial charge in [-0.25, -0.2) is 13.2 Å². The number of hydrogen-bond donors (Lipinski definition) is 1. The van der Waals surface area contributed by atoms with Crippen LogP contribution in [0.4, 0.5) is 5.69 Å². The van der Waals surface area contributed by atoms with E-state index in [1.165, 1.54) is 18.2 Å². The number of benzene rings is 2. The lowest BCUT2D eigenvalue weighted by Crippen LogP contribution is -2.15. The minimum absolute atomic E-state index is 0.0181. The van der Waals surface area contributed by atoms with Crippen LogP contribution in [-0.2, 0) is 14.8 Å². The molecular formula is C17H16N2O4S. The van der Waals surface area contributed by atoms with Crippen LogP contribution in [0.5, 0.6) is 0 Å². The minimum atomic E-state index is -3.86. The van der Waals surface area contributed by atoms with Crippen LogP contribution in [0, 0.1) is 25.2 Å². The van der Waals surface area contributed by atoms with Crippen LogP contribution in [0.2, 0.25) is 0 Å². The topological polar surface area (TPSA) is 96.3 Å². The van der Waals surface area contributed by atoms with Crippen LogP contribution >= 0.6 is 0 Å². The van der Waals surface area contributed by atoms with E-state index in [0.29, 0.717) is 11.3 Å². The molecule has 0 atom stereocenters. The molecule has 2 rings (SSSR count). The monoisotopic (exact) mass is 344 g/mol. The zero-order chi connectivity index (χ0) is 17.7. The fourth-order valence-corrected chi connectivity index (χ4v) is 3.44. The summed E-state index contributed by atoms with van der Waals surface area (Å²) in [6.45, 7) is 3.10. The zero-order valence-corrected chi connectivity index (χ0v) is 14.1. The van der Waals surface area contributed by atoms with Gasteiger partial charge in [0.2, 0.25) is 0 Å². The highest BCUT2D eigenvalue weighted by Gasteiger charge is 2.20. The maximum absolute atomic E-state index is 12.6. The molecule has 7 heteroatoms. The number of nitrogens with one attached hydrogen (secondary N) is 1. The average molecular weight is 344 g/mol. The molecule has 2 aromatic carbocycles. The Balaban J connectivity index is 2.36. The second kappa shape index (κ2) is 7.15. The van der Waals surface area contributed by atoms with Crippen molar-refractivity contribution in [2.24, 2.45) is 0 Å². The summed E-state index contributed by atoms with van der Waals surface area (Å²) in [5.41, 5.74) is 1.92. The lowest BCUT2D eigenvalue weighted by molar-refractivity contribution is 0.0554. The zero-order valence-electron chi connectivity index (χ0n) is 13.2. The number of sulfonamides is 1. The molecule has 6 nitrogen and oxygen atoms in total. The van der Waals surface area contributed by atoms with E-state index in [1.807, 2.05) is 13.0 Å². The molecule has 0 bridgehead atoms. The van der Waals surface area contributed by atoms with Gasteiger partial charge in [-0.2, -0.15) is 5.26 Å². The fraction of sp³-hybridized carbons (Fsp3) is 0.176. The van der Waals surface area contributed by atoms with Gasteiger partial charge in [0.15, 0.2) is 6.61 Å². The average Bonchev–Trinajstić information content (AvgIpc) is 2.52. The number of anilines is 1. The van der Waals surface area contributed by atoms with E-state index in [1.54, 1.807) is 31.2 Å². The molecule has 24 heavy (non-hydrogen) atoms. The largest absolute Gasteiger partial charge is 0.447 e. The Morgan fingerprint density at radius 3 is 2.62 bits per heavy atom. The highest BCUT2D eigenvalue weighted by atomic mass is 32.2. The van der Waals surface area contributed by atoms with E-state index in [2.05, 4.69) is 4.72 Å². The Labute approximate surface area is 140 Å². The number of hydrogen-bond acceptors (Lipinski definition) is 5. The summed E-state index contributed by atoms with van der Waals surface area (Å²) >= 11 is 0. The number of carbonyl (C=O) groups excluding carboxylic acids is 1. The molecule has 0 heterocycles. The molecule has 0 aliphatic heterocycles. The molecular weight excluding hydrogens is 328 g/mol. The van der Waals surface area contributed by atoms with Crippen LogP contribution < -0.4 is 4.72 Å². The standard InChI is InChI=1S/C17H16N2O4S/c1-12-4-3-5-15(10-12)19-24(21,22)16-11-14(7-6-13(16)2)17(20)23-9-8-18/h3-7,10-11,19H,9H2,1-2H3. The van der Waals surface area contributed by atoms with Gasteiger partial charge in [0.05, 0.1) is 10.5 Å². The Morgan fingerprint density at radius 1 is 1.21 bits per heavy atom. The van der Waals surface area contributed by atoms with Gasteiger partial charge in [-0.3, -0.25) is 4.72 Å². The first-order chi connectivity index (χ1) is 11.3. The van der Waals surface area contributed by atoms with E-state index in [9.17, 15) is 13.2 Å². The molecule has 0 spiro atoms. The van der Waals surface area contributed by atoms with Crippen molar-refractivity contribution in [2.75, 3.05) is 11.3 Å². The predicted octanol–water partition coefficient (Wildman–Crippen LogP) is 2.78. The quantitative estimate of drug-likeness (QED) is 0.841. The van der Waals surface area contributed by atoms with Crippen LogP contribution in [0.1, 0.15) is 21.5 Å². The van der Waals surface area contributed by atoms with Gasteiger partial charge in [-0.05, 0) is 49.2 Å². The van der Waals surface area contributed by atoms with Crippen LogP contribution in [-0.4, -0.2) is 21.0 Å². The molecule has 0 aliphatic carbocycles. The smallest absolute Gasteiger partial charge is 0.339 e. The molecule has 0 aliphatic rings. The first-order valence-corrected chi connectivity index (χ1v) is 8.56. The van der Waals surface area contributed by atoms with Crippen molar-refractivity contribution in [1.82, 2.24) is 0 Å². The third-order valence-electron chi connectivity index (χ3n) is 3.25. The van der Waals surface area contributed by atoms with E-state index >= 15 is 0 Å². The van der Waals surface area contributed by atoms with Gasteiger partial charge < -0.3 is 4.74 Å². The van der Waals surface area contributed by atoms with Gasteiger partial charge in [-0.15, -0.1) is 0 Å². The van der Waals surface area contributed by atoms with E-state index in [0.717, 1.165) is 5.56 Å². The summed E-state index contributed by atoms with van der Waals surface area (Å²) in [6, 6.07) is 12.9. The fourth-order valence-electron chi connectivity index (χ4n) is 2.12. The summed E-state index contributed by atoms with van der Waals surface area (Å²) in [4.78, 5) is 11.8. The molecule has 0 radical (unpaired) electrons. The number of aryl methyl sites for hydroxylation is 2. The van der Waals surface area contributed by atoms with E-state index in [4.69, 9.17) is 10.00 Å². The Morgan fingerprint density at radius 2 is 1.96 bits per heavy atom. The lowest BCUT2D eigenvalue weighted by Gasteiger charge is -2.12. The summed E-state index contributed by atoms with van der Waals surface area (Å²) in [5, 5.41) is 8.44. The molecule has 124 valence electrons. The maximum atomic E-state index is 12.6. The van der Waals surface area contributed by atoms with Crippen molar-refractivity contribution in [3.8, 4) is 6.07 Å². The third-order valence-corrected chi connectivity index (χ3v) is 4.77. The molecule has 0 unspecified atom stereocenters. The number of nitrogens with zero attached hydrogens (tertiary/aromatic N) is 1. The van der Waals surface area contributed by atoms with Crippen LogP contribution in [0.3, 0.4) is 0 Å². The van der Waals surface area contributed by atoms with Crippen LogP contribution in [0.15, 0.2) is 47.4 Å². The first kappa shape index (κ1) is 17.5. The number of ether oxygens (including phenoxy) is 1. The summed E-state index contributed by atoms with van der Waals surface area (Å²) in [6.07, 6.45) is 0. The Kier molecular flexibility index (Phi) is 5.21. The molecule has 0 saturated heterocycles. The third kappa shape index (κ3) is 4.12. The van der Waals surface area contributed by atoms with Crippen molar-refractivity contribution < 1.29 is 17.9 Å². The van der Waals surface area contributed by atoms with Gasteiger partial charge in [0.25, 0.3) is 10.0 Å². The predicted molar refractivity (Wildman–Crippen MR) is 89.1 cm³/mol. The highest BCUT2D eigenvalue weighted by Crippen LogP contribution is 2.21. The summed E-state index contributed by atoms with van der Waals surface area (Å²) in [5.74, 6) is -0.747. The minimum Gasteiger partial charge on any atom is -0.447 e. The normalized spacial score (nSPS) is 10.7. The number of carbonyl (C=O) groups is 1. The summed E-state index contributed by atoms with van der Waals surface area (Å²) in [7, 11) is -3.86. The van der Waals surface area contributed by atoms with E-state index < -0.39 is 22.6 Å². The SMILES string of the molecule is Cc1cccc(NS(=O)(=O)c2cc(C(=O)OCC#N)ccc2C)c1. The number of rotatable bonds is 5. The van der Waals surface area contributed by atoms with Gasteiger partial charge in [0, 0.05) is 5.69 Å².